The minimum Gasteiger partial charge on any atom is -0.452 e. The van der Waals surface area contributed by atoms with Gasteiger partial charge in [0.05, 0.1) is 12.2 Å². The van der Waals surface area contributed by atoms with Gasteiger partial charge in [0.25, 0.3) is 0 Å². The molecule has 4 aromatic carbocycles. The molecule has 0 bridgehead atoms. The molecule has 0 spiro atoms. The van der Waals surface area contributed by atoms with E-state index in [1.54, 1.807) is 52.9 Å². The monoisotopic (exact) mass is 640 g/mol. The average molecular weight is 640 g/mol. The highest BCUT2D eigenvalue weighted by atomic mass is 127. The predicted molar refractivity (Wildman–Crippen MR) is 153 cm³/mol. The van der Waals surface area contributed by atoms with Gasteiger partial charge in [-0.25, -0.2) is 13.6 Å². The summed E-state index contributed by atoms with van der Waals surface area (Å²) in [5.74, 6) is -0.754. The fourth-order valence-corrected chi connectivity index (χ4v) is 5.73. The van der Waals surface area contributed by atoms with Crippen LogP contribution >= 0.6 is 22.6 Å². The number of esters is 1. The van der Waals surface area contributed by atoms with Crippen LogP contribution in [0.25, 0.3) is 0 Å². The summed E-state index contributed by atoms with van der Waals surface area (Å²) in [7, 11) is 0. The molecule has 1 aliphatic rings. The Morgan fingerprint density at radius 3 is 1.67 bits per heavy atom. The van der Waals surface area contributed by atoms with E-state index in [1.807, 2.05) is 91.0 Å². The minimum atomic E-state index is -2.53. The summed E-state index contributed by atoms with van der Waals surface area (Å²) in [6.45, 7) is -0.242. The van der Waals surface area contributed by atoms with E-state index in [2.05, 4.69) is 0 Å². The molecule has 1 aliphatic heterocycles. The maximum Gasteiger partial charge on any atom is 0.338 e. The normalized spacial score (nSPS) is 22.9. The molecule has 4 aromatic rings. The first kappa shape index (κ1) is 27.4. The van der Waals surface area contributed by atoms with Crippen LogP contribution in [-0.4, -0.2) is 41.2 Å². The van der Waals surface area contributed by atoms with E-state index in [1.165, 1.54) is 0 Å². The lowest BCUT2D eigenvalue weighted by Gasteiger charge is -2.37. The summed E-state index contributed by atoms with van der Waals surface area (Å²) in [5.41, 5.74) is -0.934. The molecule has 39 heavy (non-hydrogen) atoms. The van der Waals surface area contributed by atoms with Crippen LogP contribution in [0.1, 0.15) is 27.0 Å². The zero-order chi connectivity index (χ0) is 27.3. The van der Waals surface area contributed by atoms with Gasteiger partial charge in [-0.1, -0.05) is 132 Å². The molecule has 1 heterocycles. The number of alkyl halides is 3. The summed E-state index contributed by atoms with van der Waals surface area (Å²) >= 11 is 1.75. The number of benzene rings is 4. The summed E-state index contributed by atoms with van der Waals surface area (Å²) in [6, 6.07) is 37.1. The standard InChI is InChI=1S/C32H27F2IO4/c33-30-31(34,22-35)28(39-29(36)23-13-5-1-6-14-23)27(38-30)21-37-32(24-15-7-2-8-16-24,25-17-9-3-10-18-25)26-19-11-4-12-20-26/h1-20,27-28,30H,21-22H2/t27-,28?,30?,31?/m1/s1. The molecule has 0 saturated carbocycles. The average Bonchev–Trinajstić information content (AvgIpc) is 3.24. The van der Waals surface area contributed by atoms with Crippen molar-refractivity contribution in [3.05, 3.63) is 144 Å². The Labute approximate surface area is 240 Å². The first-order valence-corrected chi connectivity index (χ1v) is 14.1. The van der Waals surface area contributed by atoms with Gasteiger partial charge >= 0.3 is 5.97 Å². The molecule has 7 heteroatoms. The van der Waals surface area contributed by atoms with Crippen molar-refractivity contribution in [2.75, 3.05) is 11.0 Å². The van der Waals surface area contributed by atoms with Crippen LogP contribution in [0.5, 0.6) is 0 Å². The van der Waals surface area contributed by atoms with Gasteiger partial charge in [-0.3, -0.25) is 0 Å². The van der Waals surface area contributed by atoms with Crippen molar-refractivity contribution in [2.24, 2.45) is 0 Å². The Morgan fingerprint density at radius 2 is 1.23 bits per heavy atom. The van der Waals surface area contributed by atoms with Crippen molar-refractivity contribution in [2.45, 2.75) is 29.8 Å². The zero-order valence-corrected chi connectivity index (χ0v) is 23.1. The maximum atomic E-state index is 16.0. The SMILES string of the molecule is O=C(OC1[C@@H](COC(c2ccccc2)(c2ccccc2)c2ccccc2)OC(F)C1(F)CI)c1ccccc1. The smallest absolute Gasteiger partial charge is 0.338 e. The van der Waals surface area contributed by atoms with Gasteiger partial charge in [-0.15, -0.1) is 0 Å². The molecule has 0 aliphatic carbocycles. The third-order valence-corrected chi connectivity index (χ3v) is 8.10. The van der Waals surface area contributed by atoms with Crippen molar-refractivity contribution < 1.29 is 27.8 Å². The Balaban J connectivity index is 1.53. The van der Waals surface area contributed by atoms with Crippen LogP contribution in [0.4, 0.5) is 8.78 Å². The number of carbonyl (C=O) groups is 1. The number of carbonyl (C=O) groups excluding carboxylic acids is 1. The lowest BCUT2D eigenvalue weighted by atomic mass is 9.80. The second kappa shape index (κ2) is 11.9. The molecule has 0 amide bonds. The van der Waals surface area contributed by atoms with Gasteiger partial charge in [0.15, 0.2) is 6.10 Å². The predicted octanol–water partition coefficient (Wildman–Crippen LogP) is 7.06. The second-order valence-corrected chi connectivity index (χ2v) is 10.1. The molecule has 4 nitrogen and oxygen atoms in total. The lowest BCUT2D eigenvalue weighted by molar-refractivity contribution is -0.112. The summed E-state index contributed by atoms with van der Waals surface area (Å²) in [5, 5.41) is 0. The van der Waals surface area contributed by atoms with Crippen LogP contribution < -0.4 is 0 Å². The molecule has 4 atom stereocenters. The van der Waals surface area contributed by atoms with Gasteiger partial charge in [0.1, 0.15) is 11.7 Å². The Hall–Kier alpha value is -3.14. The minimum absolute atomic E-state index is 0.238. The fourth-order valence-electron chi connectivity index (χ4n) is 4.95. The molecule has 1 saturated heterocycles. The maximum absolute atomic E-state index is 16.0. The van der Waals surface area contributed by atoms with Crippen molar-refractivity contribution in [1.29, 1.82) is 0 Å². The molecule has 1 fully saturated rings. The quantitative estimate of drug-likeness (QED) is 0.0851. The van der Waals surface area contributed by atoms with Crippen molar-refractivity contribution in [3.63, 3.8) is 0 Å². The summed E-state index contributed by atoms with van der Waals surface area (Å²) < 4.78 is 48.6. The topological polar surface area (TPSA) is 44.8 Å². The van der Waals surface area contributed by atoms with E-state index in [0.717, 1.165) is 16.7 Å². The molecule has 0 aromatic heterocycles. The van der Waals surface area contributed by atoms with E-state index in [-0.39, 0.29) is 16.6 Å². The Kier molecular flexibility index (Phi) is 8.40. The van der Waals surface area contributed by atoms with Gasteiger partial charge in [-0.2, -0.15) is 0 Å². The molecule has 0 N–H and O–H groups in total. The first-order chi connectivity index (χ1) is 19.0. The van der Waals surface area contributed by atoms with Crippen LogP contribution in [0.3, 0.4) is 0 Å². The summed E-state index contributed by atoms with van der Waals surface area (Å²) in [6.07, 6.45) is -4.99. The van der Waals surface area contributed by atoms with E-state index >= 15 is 8.78 Å². The van der Waals surface area contributed by atoms with Gasteiger partial charge in [-0.05, 0) is 28.8 Å². The second-order valence-electron chi connectivity index (χ2n) is 9.33. The highest BCUT2D eigenvalue weighted by Gasteiger charge is 2.60. The largest absolute Gasteiger partial charge is 0.452 e. The molecule has 0 radical (unpaired) electrons. The van der Waals surface area contributed by atoms with Gasteiger partial charge in [0, 0.05) is 4.43 Å². The van der Waals surface area contributed by atoms with E-state index < -0.39 is 35.8 Å². The van der Waals surface area contributed by atoms with Crippen LogP contribution in [0, 0.1) is 0 Å². The fraction of sp³-hybridized carbons (Fsp3) is 0.219. The van der Waals surface area contributed by atoms with E-state index in [4.69, 9.17) is 14.2 Å². The number of halogens is 3. The van der Waals surface area contributed by atoms with Crippen LogP contribution in [0.2, 0.25) is 0 Å². The lowest BCUT2D eigenvalue weighted by Crippen LogP contribution is -2.48. The third-order valence-electron chi connectivity index (χ3n) is 6.94. The highest BCUT2D eigenvalue weighted by Crippen LogP contribution is 2.44. The number of hydrogen-bond donors (Lipinski definition) is 0. The van der Waals surface area contributed by atoms with Crippen molar-refractivity contribution in [1.82, 2.24) is 0 Å². The Bertz CT molecular complexity index is 1260. The number of ether oxygens (including phenoxy) is 3. The van der Waals surface area contributed by atoms with Crippen LogP contribution in [-0.2, 0) is 19.8 Å². The number of rotatable bonds is 9. The zero-order valence-electron chi connectivity index (χ0n) is 21.0. The molecule has 5 rings (SSSR count). The third kappa shape index (κ3) is 5.35. The van der Waals surface area contributed by atoms with Crippen LogP contribution in [0.15, 0.2) is 121 Å². The highest BCUT2D eigenvalue weighted by molar-refractivity contribution is 14.1. The van der Waals surface area contributed by atoms with E-state index in [9.17, 15) is 4.79 Å². The van der Waals surface area contributed by atoms with Gasteiger partial charge < -0.3 is 14.2 Å². The molecular weight excluding hydrogens is 613 g/mol. The van der Waals surface area contributed by atoms with E-state index in [0.29, 0.717) is 0 Å². The molecular formula is C32H27F2IO4. The molecule has 3 unspecified atom stereocenters. The van der Waals surface area contributed by atoms with Crippen molar-refractivity contribution >= 4 is 28.6 Å². The first-order valence-electron chi connectivity index (χ1n) is 12.6. The van der Waals surface area contributed by atoms with Gasteiger partial charge in [0.2, 0.25) is 12.0 Å². The van der Waals surface area contributed by atoms with Crippen molar-refractivity contribution in [3.8, 4) is 0 Å². The summed E-state index contributed by atoms with van der Waals surface area (Å²) in [4.78, 5) is 12.9. The Morgan fingerprint density at radius 1 is 0.795 bits per heavy atom. The number of hydrogen-bond acceptors (Lipinski definition) is 4. The molecule has 200 valence electrons.